The number of hydrogen-bond donors (Lipinski definition) is 2. The standard InChI is InChI=1S/C13H22N2OS/c1-13(2,6-7-16)15-9-11-8-14-12(17-11)10-4-3-5-10/h8,10,15-16H,3-7,9H2,1-2H3. The Labute approximate surface area is 107 Å². The average molecular weight is 254 g/mol. The summed E-state index contributed by atoms with van der Waals surface area (Å²) in [5.74, 6) is 0.735. The summed E-state index contributed by atoms with van der Waals surface area (Å²) < 4.78 is 0. The summed E-state index contributed by atoms with van der Waals surface area (Å²) in [5.41, 5.74) is -0.00459. The minimum atomic E-state index is -0.00459. The van der Waals surface area contributed by atoms with E-state index in [-0.39, 0.29) is 12.1 Å². The van der Waals surface area contributed by atoms with E-state index < -0.39 is 0 Å². The fourth-order valence-electron chi connectivity index (χ4n) is 1.94. The number of aromatic nitrogens is 1. The molecule has 0 amide bonds. The van der Waals surface area contributed by atoms with Crippen LogP contribution in [0, 0.1) is 0 Å². The van der Waals surface area contributed by atoms with Gasteiger partial charge in [0.1, 0.15) is 0 Å². The van der Waals surface area contributed by atoms with Gasteiger partial charge in [-0.15, -0.1) is 11.3 Å². The van der Waals surface area contributed by atoms with E-state index in [0.29, 0.717) is 0 Å². The molecule has 0 spiro atoms. The van der Waals surface area contributed by atoms with Crippen molar-refractivity contribution in [3.63, 3.8) is 0 Å². The Hall–Kier alpha value is -0.450. The van der Waals surface area contributed by atoms with Gasteiger partial charge in [-0.25, -0.2) is 4.98 Å². The van der Waals surface area contributed by atoms with Crippen molar-refractivity contribution in [1.29, 1.82) is 0 Å². The summed E-state index contributed by atoms with van der Waals surface area (Å²) in [6, 6.07) is 0. The van der Waals surface area contributed by atoms with Crippen molar-refractivity contribution in [2.24, 2.45) is 0 Å². The molecule has 1 saturated carbocycles. The Morgan fingerprint density at radius 2 is 2.29 bits per heavy atom. The molecule has 1 heterocycles. The van der Waals surface area contributed by atoms with Gasteiger partial charge in [-0.2, -0.15) is 0 Å². The number of hydrogen-bond acceptors (Lipinski definition) is 4. The van der Waals surface area contributed by atoms with Gasteiger partial charge in [0.05, 0.1) is 5.01 Å². The molecule has 3 nitrogen and oxygen atoms in total. The van der Waals surface area contributed by atoms with E-state index in [0.717, 1.165) is 18.9 Å². The van der Waals surface area contributed by atoms with Crippen LogP contribution in [0.2, 0.25) is 0 Å². The van der Waals surface area contributed by atoms with E-state index in [1.54, 1.807) is 0 Å². The lowest BCUT2D eigenvalue weighted by Crippen LogP contribution is -2.39. The predicted molar refractivity (Wildman–Crippen MR) is 71.3 cm³/mol. The number of aliphatic hydroxyl groups excluding tert-OH is 1. The van der Waals surface area contributed by atoms with E-state index in [2.05, 4.69) is 24.1 Å². The molecule has 0 aromatic carbocycles. The van der Waals surface area contributed by atoms with Gasteiger partial charge in [0.2, 0.25) is 0 Å². The Morgan fingerprint density at radius 3 is 2.88 bits per heavy atom. The van der Waals surface area contributed by atoms with Crippen LogP contribution in [-0.4, -0.2) is 22.2 Å². The van der Waals surface area contributed by atoms with Gasteiger partial charge in [0, 0.05) is 35.7 Å². The zero-order valence-electron chi connectivity index (χ0n) is 10.7. The summed E-state index contributed by atoms with van der Waals surface area (Å²) >= 11 is 1.84. The Kier molecular flexibility index (Phi) is 4.17. The molecule has 17 heavy (non-hydrogen) atoms. The second-order valence-electron chi connectivity index (χ2n) is 5.50. The van der Waals surface area contributed by atoms with Crippen LogP contribution in [0.3, 0.4) is 0 Å². The molecule has 2 N–H and O–H groups in total. The smallest absolute Gasteiger partial charge is 0.0959 e. The third-order valence-corrected chi connectivity index (χ3v) is 4.66. The van der Waals surface area contributed by atoms with E-state index in [4.69, 9.17) is 5.11 Å². The van der Waals surface area contributed by atoms with Gasteiger partial charge in [-0.1, -0.05) is 6.42 Å². The summed E-state index contributed by atoms with van der Waals surface area (Å²) in [6.07, 6.45) is 6.77. The van der Waals surface area contributed by atoms with Gasteiger partial charge in [0.15, 0.2) is 0 Å². The second kappa shape index (κ2) is 5.46. The summed E-state index contributed by atoms with van der Waals surface area (Å²) in [4.78, 5) is 5.82. The van der Waals surface area contributed by atoms with Crippen molar-refractivity contribution in [1.82, 2.24) is 10.3 Å². The number of nitrogens with zero attached hydrogens (tertiary/aromatic N) is 1. The molecule has 0 unspecified atom stereocenters. The summed E-state index contributed by atoms with van der Waals surface area (Å²) in [7, 11) is 0. The molecular formula is C13H22N2OS. The lowest BCUT2D eigenvalue weighted by atomic mass is 9.86. The summed E-state index contributed by atoms with van der Waals surface area (Å²) in [6.45, 7) is 5.33. The van der Waals surface area contributed by atoms with Gasteiger partial charge in [-0.3, -0.25) is 0 Å². The van der Waals surface area contributed by atoms with Crippen LogP contribution < -0.4 is 5.32 Å². The van der Waals surface area contributed by atoms with Crippen LogP contribution in [-0.2, 0) is 6.54 Å². The molecule has 0 aliphatic heterocycles. The first-order valence-electron chi connectivity index (χ1n) is 6.41. The summed E-state index contributed by atoms with van der Waals surface area (Å²) in [5, 5.41) is 13.8. The number of nitrogens with one attached hydrogen (secondary N) is 1. The topological polar surface area (TPSA) is 45.1 Å². The second-order valence-corrected chi connectivity index (χ2v) is 6.65. The molecule has 0 atom stereocenters. The SMILES string of the molecule is CC(C)(CCO)NCc1cnc(C2CCC2)s1. The van der Waals surface area contributed by atoms with Crippen LogP contribution in [0.15, 0.2) is 6.20 Å². The molecule has 0 saturated heterocycles. The van der Waals surface area contributed by atoms with Gasteiger partial charge in [-0.05, 0) is 33.1 Å². The fraction of sp³-hybridized carbons (Fsp3) is 0.769. The van der Waals surface area contributed by atoms with Crippen LogP contribution in [0.25, 0.3) is 0 Å². The highest BCUT2D eigenvalue weighted by Gasteiger charge is 2.23. The Bertz CT molecular complexity index is 358. The zero-order valence-corrected chi connectivity index (χ0v) is 11.5. The first kappa shape index (κ1) is 13.0. The monoisotopic (exact) mass is 254 g/mol. The molecule has 1 aromatic rings. The maximum atomic E-state index is 8.97. The van der Waals surface area contributed by atoms with Crippen molar-refractivity contribution in [2.75, 3.05) is 6.61 Å². The van der Waals surface area contributed by atoms with E-state index in [1.807, 2.05) is 17.5 Å². The molecule has 2 rings (SSSR count). The molecule has 1 aromatic heterocycles. The van der Waals surface area contributed by atoms with Gasteiger partial charge < -0.3 is 10.4 Å². The molecule has 96 valence electrons. The molecule has 1 aliphatic carbocycles. The first-order valence-corrected chi connectivity index (χ1v) is 7.23. The minimum absolute atomic E-state index is 0.00459. The third kappa shape index (κ3) is 3.50. The maximum absolute atomic E-state index is 8.97. The number of aliphatic hydroxyl groups is 1. The first-order chi connectivity index (χ1) is 8.11. The van der Waals surface area contributed by atoms with Crippen molar-refractivity contribution in [3.05, 3.63) is 16.1 Å². The van der Waals surface area contributed by atoms with Crippen molar-refractivity contribution < 1.29 is 5.11 Å². The highest BCUT2D eigenvalue weighted by molar-refractivity contribution is 7.11. The molecule has 0 radical (unpaired) electrons. The van der Waals surface area contributed by atoms with E-state index in [1.165, 1.54) is 29.1 Å². The molecule has 0 bridgehead atoms. The zero-order chi connectivity index (χ0) is 12.3. The van der Waals surface area contributed by atoms with Crippen molar-refractivity contribution in [2.45, 2.75) is 57.5 Å². The fourth-order valence-corrected chi connectivity index (χ4v) is 2.97. The molecule has 4 heteroatoms. The lowest BCUT2D eigenvalue weighted by molar-refractivity contribution is 0.230. The number of rotatable bonds is 6. The van der Waals surface area contributed by atoms with E-state index >= 15 is 0 Å². The number of thiazole rings is 1. The van der Waals surface area contributed by atoms with Crippen LogP contribution in [0.1, 0.15) is 55.3 Å². The van der Waals surface area contributed by atoms with Crippen molar-refractivity contribution in [3.8, 4) is 0 Å². The molecule has 1 aliphatic rings. The predicted octanol–water partition coefficient (Wildman–Crippen LogP) is 2.66. The highest BCUT2D eigenvalue weighted by atomic mass is 32.1. The van der Waals surface area contributed by atoms with Crippen LogP contribution in [0.4, 0.5) is 0 Å². The lowest BCUT2D eigenvalue weighted by Gasteiger charge is -2.25. The van der Waals surface area contributed by atoms with Crippen LogP contribution >= 0.6 is 11.3 Å². The van der Waals surface area contributed by atoms with Gasteiger partial charge >= 0.3 is 0 Å². The third-order valence-electron chi connectivity index (χ3n) is 3.50. The molecular weight excluding hydrogens is 232 g/mol. The van der Waals surface area contributed by atoms with E-state index in [9.17, 15) is 0 Å². The normalized spacial score (nSPS) is 17.1. The average Bonchev–Trinajstić information content (AvgIpc) is 2.61. The maximum Gasteiger partial charge on any atom is 0.0959 e. The minimum Gasteiger partial charge on any atom is -0.396 e. The largest absolute Gasteiger partial charge is 0.396 e. The Balaban J connectivity index is 1.84. The van der Waals surface area contributed by atoms with Crippen LogP contribution in [0.5, 0.6) is 0 Å². The highest BCUT2D eigenvalue weighted by Crippen LogP contribution is 2.38. The Morgan fingerprint density at radius 1 is 1.53 bits per heavy atom. The quantitative estimate of drug-likeness (QED) is 0.820. The van der Waals surface area contributed by atoms with Crippen molar-refractivity contribution >= 4 is 11.3 Å². The molecule has 1 fully saturated rings. The van der Waals surface area contributed by atoms with Gasteiger partial charge in [0.25, 0.3) is 0 Å².